The third kappa shape index (κ3) is 5.10. The molecule has 0 saturated heterocycles. The molecule has 0 spiro atoms. The number of carbonyl (C=O) groups excluding carboxylic acids is 1. The summed E-state index contributed by atoms with van der Waals surface area (Å²) in [6, 6.07) is 5.22. The van der Waals surface area contributed by atoms with E-state index in [1.54, 1.807) is 12.1 Å². The van der Waals surface area contributed by atoms with Crippen molar-refractivity contribution in [3.8, 4) is 17.6 Å². The molecule has 0 aliphatic heterocycles. The summed E-state index contributed by atoms with van der Waals surface area (Å²) in [4.78, 5) is 12.6. The molecule has 2 aromatic rings. The fourth-order valence-electron chi connectivity index (χ4n) is 2.80. The van der Waals surface area contributed by atoms with Gasteiger partial charge in [-0.3, -0.25) is 9.48 Å². The summed E-state index contributed by atoms with van der Waals surface area (Å²) in [6.07, 6.45) is 0.119. The zero-order valence-electron chi connectivity index (χ0n) is 16.3. The standard InChI is InChI=1S/C20H24BrN3O3/c1-6-26-18-8-15(10-22)7-17(21)20(18)27-19(25)9-16-13(4)23-24(14(16)5)11-12(2)3/h7-8,12H,6,9,11H2,1-5H3. The molecule has 0 aliphatic rings. The number of benzene rings is 1. The minimum absolute atomic E-state index is 0.119. The third-order valence-corrected chi connectivity index (χ3v) is 4.63. The molecule has 0 atom stereocenters. The van der Waals surface area contributed by atoms with Crippen LogP contribution in [0.2, 0.25) is 0 Å². The second kappa shape index (κ2) is 9.05. The highest BCUT2D eigenvalue weighted by molar-refractivity contribution is 9.10. The molecule has 0 aliphatic carbocycles. The molecule has 27 heavy (non-hydrogen) atoms. The highest BCUT2D eigenvalue weighted by Gasteiger charge is 2.20. The van der Waals surface area contributed by atoms with Crippen molar-refractivity contribution in [1.82, 2.24) is 9.78 Å². The van der Waals surface area contributed by atoms with Crippen LogP contribution in [0, 0.1) is 31.1 Å². The Morgan fingerprint density at radius 3 is 2.67 bits per heavy atom. The zero-order chi connectivity index (χ0) is 20.1. The number of nitrogens with zero attached hydrogens (tertiary/aromatic N) is 3. The van der Waals surface area contributed by atoms with Crippen molar-refractivity contribution < 1.29 is 14.3 Å². The van der Waals surface area contributed by atoms with Crippen molar-refractivity contribution in [2.24, 2.45) is 5.92 Å². The Bertz CT molecular complexity index is 882. The number of rotatable bonds is 7. The molecule has 0 N–H and O–H groups in total. The van der Waals surface area contributed by atoms with Gasteiger partial charge < -0.3 is 9.47 Å². The van der Waals surface area contributed by atoms with E-state index in [0.29, 0.717) is 28.3 Å². The maximum atomic E-state index is 12.6. The summed E-state index contributed by atoms with van der Waals surface area (Å²) in [5.41, 5.74) is 3.10. The lowest BCUT2D eigenvalue weighted by Crippen LogP contribution is -2.14. The predicted octanol–water partition coefficient (Wildman–Crippen LogP) is 4.34. The number of nitriles is 1. The number of ether oxygens (including phenoxy) is 2. The molecular weight excluding hydrogens is 410 g/mol. The number of esters is 1. The lowest BCUT2D eigenvalue weighted by atomic mass is 10.1. The second-order valence-corrected chi connectivity index (χ2v) is 7.56. The van der Waals surface area contributed by atoms with Crippen LogP contribution in [0.4, 0.5) is 0 Å². The molecule has 0 fully saturated rings. The monoisotopic (exact) mass is 433 g/mol. The van der Waals surface area contributed by atoms with E-state index in [1.807, 2.05) is 25.5 Å². The first-order valence-electron chi connectivity index (χ1n) is 8.86. The summed E-state index contributed by atoms with van der Waals surface area (Å²) in [6.45, 7) is 11.1. The fraction of sp³-hybridized carbons (Fsp3) is 0.450. The van der Waals surface area contributed by atoms with Crippen molar-refractivity contribution in [2.45, 2.75) is 47.6 Å². The van der Waals surface area contributed by atoms with E-state index >= 15 is 0 Å². The quantitative estimate of drug-likeness (QED) is 0.479. The first kappa shape index (κ1) is 21.0. The summed E-state index contributed by atoms with van der Waals surface area (Å²) in [5.74, 6) is 0.703. The second-order valence-electron chi connectivity index (χ2n) is 6.71. The molecule has 144 valence electrons. The van der Waals surface area contributed by atoms with E-state index in [2.05, 4.69) is 40.9 Å². The number of hydrogen-bond acceptors (Lipinski definition) is 5. The molecule has 0 saturated carbocycles. The van der Waals surface area contributed by atoms with Gasteiger partial charge in [0.2, 0.25) is 0 Å². The summed E-state index contributed by atoms with van der Waals surface area (Å²) < 4.78 is 13.5. The van der Waals surface area contributed by atoms with E-state index in [9.17, 15) is 4.79 Å². The molecule has 0 amide bonds. The lowest BCUT2D eigenvalue weighted by Gasteiger charge is -2.13. The number of hydrogen-bond donors (Lipinski definition) is 0. The van der Waals surface area contributed by atoms with Crippen molar-refractivity contribution in [3.05, 3.63) is 39.1 Å². The van der Waals surface area contributed by atoms with Gasteiger partial charge in [0.15, 0.2) is 11.5 Å². The minimum Gasteiger partial charge on any atom is -0.490 e. The van der Waals surface area contributed by atoms with E-state index < -0.39 is 5.97 Å². The average Bonchev–Trinajstić information content (AvgIpc) is 2.84. The number of aromatic nitrogens is 2. The van der Waals surface area contributed by atoms with Gasteiger partial charge in [-0.25, -0.2) is 0 Å². The highest BCUT2D eigenvalue weighted by atomic mass is 79.9. The van der Waals surface area contributed by atoms with E-state index in [1.165, 1.54) is 0 Å². The maximum Gasteiger partial charge on any atom is 0.315 e. The SMILES string of the molecule is CCOc1cc(C#N)cc(Br)c1OC(=O)Cc1c(C)nn(CC(C)C)c1C. The number of carbonyl (C=O) groups is 1. The van der Waals surface area contributed by atoms with Gasteiger partial charge >= 0.3 is 5.97 Å². The minimum atomic E-state index is -0.406. The molecule has 1 aromatic carbocycles. The van der Waals surface area contributed by atoms with Gasteiger partial charge in [0.05, 0.1) is 34.8 Å². The number of aryl methyl sites for hydroxylation is 1. The third-order valence-electron chi connectivity index (χ3n) is 4.04. The summed E-state index contributed by atoms with van der Waals surface area (Å²) >= 11 is 3.36. The van der Waals surface area contributed by atoms with Gasteiger partial charge in [-0.05, 0) is 48.7 Å². The molecule has 0 radical (unpaired) electrons. The van der Waals surface area contributed by atoms with Crippen LogP contribution in [0.1, 0.15) is 43.3 Å². The predicted molar refractivity (Wildman–Crippen MR) is 106 cm³/mol. The zero-order valence-corrected chi connectivity index (χ0v) is 17.9. The smallest absolute Gasteiger partial charge is 0.315 e. The van der Waals surface area contributed by atoms with Gasteiger partial charge in [0.1, 0.15) is 0 Å². The molecule has 7 heteroatoms. The summed E-state index contributed by atoms with van der Waals surface area (Å²) in [7, 11) is 0. The molecule has 6 nitrogen and oxygen atoms in total. The summed E-state index contributed by atoms with van der Waals surface area (Å²) in [5, 5.41) is 13.6. The van der Waals surface area contributed by atoms with Gasteiger partial charge in [0, 0.05) is 23.9 Å². The lowest BCUT2D eigenvalue weighted by molar-refractivity contribution is -0.133. The molecule has 0 unspecified atom stereocenters. The Hall–Kier alpha value is -2.33. The van der Waals surface area contributed by atoms with Crippen LogP contribution in [0.25, 0.3) is 0 Å². The van der Waals surface area contributed by atoms with Gasteiger partial charge in [-0.1, -0.05) is 13.8 Å². The van der Waals surface area contributed by atoms with Crippen LogP contribution >= 0.6 is 15.9 Å². The molecule has 2 rings (SSSR count). The van der Waals surface area contributed by atoms with Crippen molar-refractivity contribution in [1.29, 1.82) is 5.26 Å². The van der Waals surface area contributed by atoms with Gasteiger partial charge in [0.25, 0.3) is 0 Å². The van der Waals surface area contributed by atoms with Gasteiger partial charge in [-0.15, -0.1) is 0 Å². The molecule has 1 heterocycles. The van der Waals surface area contributed by atoms with E-state index in [0.717, 1.165) is 23.5 Å². The largest absolute Gasteiger partial charge is 0.490 e. The highest BCUT2D eigenvalue weighted by Crippen LogP contribution is 2.37. The van der Waals surface area contributed by atoms with E-state index in [-0.39, 0.29) is 12.2 Å². The van der Waals surface area contributed by atoms with E-state index in [4.69, 9.17) is 14.7 Å². The van der Waals surface area contributed by atoms with Crippen LogP contribution in [0.3, 0.4) is 0 Å². The van der Waals surface area contributed by atoms with Crippen LogP contribution in [0.15, 0.2) is 16.6 Å². The van der Waals surface area contributed by atoms with Crippen LogP contribution < -0.4 is 9.47 Å². The number of halogens is 1. The first-order valence-corrected chi connectivity index (χ1v) is 9.66. The topological polar surface area (TPSA) is 77.1 Å². The van der Waals surface area contributed by atoms with Crippen molar-refractivity contribution in [3.63, 3.8) is 0 Å². The van der Waals surface area contributed by atoms with Crippen LogP contribution in [-0.4, -0.2) is 22.4 Å². The fourth-order valence-corrected chi connectivity index (χ4v) is 3.33. The normalized spacial score (nSPS) is 10.7. The van der Waals surface area contributed by atoms with Crippen LogP contribution in [0.5, 0.6) is 11.5 Å². The average molecular weight is 434 g/mol. The Morgan fingerprint density at radius 2 is 2.07 bits per heavy atom. The maximum absolute atomic E-state index is 12.6. The van der Waals surface area contributed by atoms with Gasteiger partial charge in [-0.2, -0.15) is 10.4 Å². The van der Waals surface area contributed by atoms with Crippen molar-refractivity contribution >= 4 is 21.9 Å². The molecular formula is C20H24BrN3O3. The Morgan fingerprint density at radius 1 is 1.37 bits per heavy atom. The molecule has 0 bridgehead atoms. The Balaban J connectivity index is 2.24. The molecule has 1 aromatic heterocycles. The van der Waals surface area contributed by atoms with Crippen LogP contribution in [-0.2, 0) is 17.8 Å². The Labute approximate surface area is 168 Å². The first-order chi connectivity index (χ1) is 12.8. The Kier molecular flexibility index (Phi) is 7.03. The van der Waals surface area contributed by atoms with Crippen molar-refractivity contribution in [2.75, 3.05) is 6.61 Å².